The monoisotopic (exact) mass is 329 g/mol. The number of likely N-dealkylation sites (tertiary alicyclic amines) is 1. The Morgan fingerprint density at radius 3 is 2.75 bits per heavy atom. The van der Waals surface area contributed by atoms with Crippen LogP contribution in [0.5, 0.6) is 0 Å². The molecule has 130 valence electrons. The molecule has 5 nitrogen and oxygen atoms in total. The van der Waals surface area contributed by atoms with Crippen molar-refractivity contribution in [2.45, 2.75) is 31.9 Å². The molecular weight excluding hydrogens is 302 g/mol. The minimum atomic E-state index is -0.587. The smallest absolute Gasteiger partial charge is 0.0719 e. The lowest BCUT2D eigenvalue weighted by Crippen LogP contribution is -2.51. The molecule has 5 heteroatoms. The van der Waals surface area contributed by atoms with Gasteiger partial charge < -0.3 is 9.84 Å². The van der Waals surface area contributed by atoms with Gasteiger partial charge in [0.2, 0.25) is 0 Å². The highest BCUT2D eigenvalue weighted by Crippen LogP contribution is 2.31. The molecule has 1 aromatic heterocycles. The number of hydrogen-bond acceptors (Lipinski definition) is 4. The van der Waals surface area contributed by atoms with Crippen LogP contribution in [0.2, 0.25) is 0 Å². The van der Waals surface area contributed by atoms with E-state index >= 15 is 0 Å². The van der Waals surface area contributed by atoms with E-state index in [4.69, 9.17) is 4.74 Å². The molecule has 1 N–H and O–H groups in total. The average molecular weight is 329 g/mol. The Bertz CT molecular complexity index is 627. The third-order valence-corrected chi connectivity index (χ3v) is 5.16. The third-order valence-electron chi connectivity index (χ3n) is 5.16. The minimum absolute atomic E-state index is 0.254. The molecule has 1 aromatic carbocycles. The van der Waals surface area contributed by atoms with E-state index in [1.807, 2.05) is 16.9 Å². The lowest BCUT2D eigenvalue weighted by molar-refractivity contribution is -0.0827. The fraction of sp³-hybridized carbons (Fsp3) is 0.526. The van der Waals surface area contributed by atoms with Gasteiger partial charge in [-0.1, -0.05) is 19.1 Å². The maximum atomic E-state index is 10.8. The molecule has 24 heavy (non-hydrogen) atoms. The first-order valence-corrected chi connectivity index (χ1v) is 8.63. The molecule has 1 aliphatic rings. The van der Waals surface area contributed by atoms with Crippen LogP contribution in [0.1, 0.15) is 25.3 Å². The summed E-state index contributed by atoms with van der Waals surface area (Å²) in [6.45, 7) is 5.52. The van der Waals surface area contributed by atoms with E-state index in [2.05, 4.69) is 41.2 Å². The van der Waals surface area contributed by atoms with Crippen LogP contribution in [-0.2, 0) is 11.3 Å². The summed E-state index contributed by atoms with van der Waals surface area (Å²) in [6, 6.07) is 10.4. The molecule has 0 bridgehead atoms. The third kappa shape index (κ3) is 3.86. The number of aliphatic hydroxyl groups is 1. The maximum absolute atomic E-state index is 10.8. The van der Waals surface area contributed by atoms with Gasteiger partial charge in [0.1, 0.15) is 0 Å². The van der Waals surface area contributed by atoms with E-state index in [1.165, 1.54) is 5.56 Å². The summed E-state index contributed by atoms with van der Waals surface area (Å²) in [5.74, 6) is 0.254. The van der Waals surface area contributed by atoms with Gasteiger partial charge in [0.25, 0.3) is 0 Å². The maximum Gasteiger partial charge on any atom is 0.0719 e. The number of benzene rings is 1. The molecule has 0 unspecified atom stereocenters. The summed E-state index contributed by atoms with van der Waals surface area (Å²) in [4.78, 5) is 2.43. The second-order valence-electron chi connectivity index (χ2n) is 6.85. The first-order chi connectivity index (χ1) is 11.6. The number of hydrogen-bond donors (Lipinski definition) is 1. The highest BCUT2D eigenvalue weighted by Gasteiger charge is 2.38. The van der Waals surface area contributed by atoms with Gasteiger partial charge in [0.15, 0.2) is 0 Å². The van der Waals surface area contributed by atoms with Gasteiger partial charge in [-0.05, 0) is 42.5 Å². The van der Waals surface area contributed by atoms with Crippen molar-refractivity contribution in [1.82, 2.24) is 14.7 Å². The summed E-state index contributed by atoms with van der Waals surface area (Å²) in [7, 11) is 1.69. The van der Waals surface area contributed by atoms with Crippen LogP contribution in [0.4, 0.5) is 0 Å². The largest absolute Gasteiger partial charge is 0.389 e. The zero-order chi connectivity index (χ0) is 17.0. The van der Waals surface area contributed by atoms with E-state index in [0.29, 0.717) is 6.61 Å². The Morgan fingerprint density at radius 2 is 2.12 bits per heavy atom. The van der Waals surface area contributed by atoms with Crippen molar-refractivity contribution >= 4 is 0 Å². The van der Waals surface area contributed by atoms with Gasteiger partial charge in [-0.25, -0.2) is 4.68 Å². The molecule has 0 amide bonds. The predicted molar refractivity (Wildman–Crippen MR) is 94.1 cm³/mol. The van der Waals surface area contributed by atoms with Gasteiger partial charge >= 0.3 is 0 Å². The van der Waals surface area contributed by atoms with Crippen LogP contribution in [0.3, 0.4) is 0 Å². The van der Waals surface area contributed by atoms with Crippen LogP contribution in [0, 0.1) is 5.92 Å². The van der Waals surface area contributed by atoms with Gasteiger partial charge in [-0.15, -0.1) is 0 Å². The van der Waals surface area contributed by atoms with Gasteiger partial charge in [0, 0.05) is 45.7 Å². The van der Waals surface area contributed by atoms with Gasteiger partial charge in [-0.2, -0.15) is 5.10 Å². The van der Waals surface area contributed by atoms with Crippen LogP contribution >= 0.6 is 0 Å². The van der Waals surface area contributed by atoms with Crippen molar-refractivity contribution < 1.29 is 9.84 Å². The second kappa shape index (κ2) is 7.47. The first-order valence-electron chi connectivity index (χ1n) is 8.63. The molecule has 3 rings (SSSR count). The zero-order valence-corrected chi connectivity index (χ0v) is 14.6. The van der Waals surface area contributed by atoms with Crippen LogP contribution in [0.25, 0.3) is 5.69 Å². The normalized spacial score (nSPS) is 25.0. The van der Waals surface area contributed by atoms with E-state index in [-0.39, 0.29) is 5.92 Å². The van der Waals surface area contributed by atoms with Crippen LogP contribution < -0.4 is 0 Å². The quantitative estimate of drug-likeness (QED) is 0.884. The standard InChI is InChI=1S/C19H27N3O2/c1-16-14-21(12-8-19(16,23)9-13-24-2)15-17-4-6-18(7-5-17)22-11-3-10-20-22/h3-7,10-11,16,23H,8-9,12-15H2,1-2H3/t16-,19-/m1/s1. The van der Waals surface area contributed by atoms with E-state index in [9.17, 15) is 5.11 Å². The van der Waals surface area contributed by atoms with E-state index in [0.717, 1.165) is 38.2 Å². The summed E-state index contributed by atoms with van der Waals surface area (Å²) in [5, 5.41) is 15.0. The van der Waals surface area contributed by atoms with Crippen molar-refractivity contribution in [3.05, 3.63) is 48.3 Å². The van der Waals surface area contributed by atoms with E-state index < -0.39 is 5.60 Å². The molecule has 0 spiro atoms. The number of nitrogens with zero attached hydrogens (tertiary/aromatic N) is 3. The summed E-state index contributed by atoms with van der Waals surface area (Å²) in [5.41, 5.74) is 1.78. The number of rotatable bonds is 6. The molecule has 2 aromatic rings. The second-order valence-corrected chi connectivity index (χ2v) is 6.85. The summed E-state index contributed by atoms with van der Waals surface area (Å²) in [6.07, 6.45) is 5.26. The summed E-state index contributed by atoms with van der Waals surface area (Å²) >= 11 is 0. The van der Waals surface area contributed by atoms with Crippen LogP contribution in [-0.4, -0.2) is 52.2 Å². The fourth-order valence-electron chi connectivity index (χ4n) is 3.47. The number of aromatic nitrogens is 2. The molecule has 1 fully saturated rings. The molecular formula is C19H27N3O2. The Kier molecular flexibility index (Phi) is 5.33. The highest BCUT2D eigenvalue weighted by molar-refractivity contribution is 5.33. The zero-order valence-electron chi connectivity index (χ0n) is 14.6. The molecule has 1 saturated heterocycles. The van der Waals surface area contributed by atoms with Crippen molar-refractivity contribution in [3.63, 3.8) is 0 Å². The topological polar surface area (TPSA) is 50.5 Å². The molecule has 1 aliphatic heterocycles. The predicted octanol–water partition coefficient (Wildman–Crippen LogP) is 2.48. The highest BCUT2D eigenvalue weighted by atomic mass is 16.5. The molecule has 2 heterocycles. The van der Waals surface area contributed by atoms with Crippen molar-refractivity contribution in [1.29, 1.82) is 0 Å². The fourth-order valence-corrected chi connectivity index (χ4v) is 3.47. The van der Waals surface area contributed by atoms with Crippen molar-refractivity contribution in [3.8, 4) is 5.69 Å². The van der Waals surface area contributed by atoms with E-state index in [1.54, 1.807) is 13.3 Å². The van der Waals surface area contributed by atoms with Crippen LogP contribution in [0.15, 0.2) is 42.7 Å². The Morgan fingerprint density at radius 1 is 1.33 bits per heavy atom. The Labute approximate surface area is 143 Å². The number of methoxy groups -OCH3 is 1. The lowest BCUT2D eigenvalue weighted by atomic mass is 9.80. The Hall–Kier alpha value is -1.69. The molecule has 0 aliphatic carbocycles. The number of piperidine rings is 1. The molecule has 2 atom stereocenters. The minimum Gasteiger partial charge on any atom is -0.389 e. The molecule has 0 radical (unpaired) electrons. The first kappa shape index (κ1) is 17.1. The number of ether oxygens (including phenoxy) is 1. The van der Waals surface area contributed by atoms with Crippen molar-refractivity contribution in [2.24, 2.45) is 5.92 Å². The lowest BCUT2D eigenvalue weighted by Gasteiger charge is -2.43. The average Bonchev–Trinajstić information content (AvgIpc) is 3.12. The summed E-state index contributed by atoms with van der Waals surface area (Å²) < 4.78 is 7.01. The van der Waals surface area contributed by atoms with Crippen molar-refractivity contribution in [2.75, 3.05) is 26.8 Å². The SMILES string of the molecule is COCC[C@]1(O)CCN(Cc2ccc(-n3cccn3)cc2)C[C@H]1C. The van der Waals surface area contributed by atoms with Gasteiger partial charge in [-0.3, -0.25) is 4.90 Å². The molecule has 0 saturated carbocycles. The Balaban J connectivity index is 1.57. The van der Waals surface area contributed by atoms with Gasteiger partial charge in [0.05, 0.1) is 11.3 Å².